The van der Waals surface area contributed by atoms with Crippen LogP contribution in [0, 0.1) is 24.2 Å². The molecule has 1 fully saturated rings. The normalized spacial score (nSPS) is 14.6. The first kappa shape index (κ1) is 21.4. The van der Waals surface area contributed by atoms with Gasteiger partial charge >= 0.3 is 0 Å². The number of nitrogens with zero attached hydrogens (tertiary/aromatic N) is 3. The second kappa shape index (κ2) is 10.5. The standard InChI is InChI=1S/C28H33N3/c1-23-9-7-12-25(17-23)20-31-16-8-15-28(31)22-30(19-24-10-3-2-4-11-24)21-27-14-6-5-13-26(27)18-29/h5-9,12-17,24H,2-4,10-11,19-22H2,1H3. The van der Waals surface area contributed by atoms with Gasteiger partial charge in [0.15, 0.2) is 0 Å². The van der Waals surface area contributed by atoms with Crippen LogP contribution in [0.25, 0.3) is 0 Å². The van der Waals surface area contributed by atoms with Gasteiger partial charge in [0.25, 0.3) is 0 Å². The molecule has 0 N–H and O–H groups in total. The maximum Gasteiger partial charge on any atom is 0.0995 e. The van der Waals surface area contributed by atoms with Crippen molar-refractivity contribution in [3.63, 3.8) is 0 Å². The van der Waals surface area contributed by atoms with Crippen LogP contribution in [0.5, 0.6) is 0 Å². The molecule has 1 saturated carbocycles. The molecule has 1 heterocycles. The molecule has 0 atom stereocenters. The first-order valence-corrected chi connectivity index (χ1v) is 11.6. The van der Waals surface area contributed by atoms with Crippen LogP contribution in [0.15, 0.2) is 66.9 Å². The Morgan fingerprint density at radius 3 is 2.61 bits per heavy atom. The molecular formula is C28H33N3. The van der Waals surface area contributed by atoms with Gasteiger partial charge in [0.1, 0.15) is 0 Å². The second-order valence-electron chi connectivity index (χ2n) is 9.06. The van der Waals surface area contributed by atoms with Crippen molar-refractivity contribution in [1.82, 2.24) is 9.47 Å². The Morgan fingerprint density at radius 1 is 0.968 bits per heavy atom. The quantitative estimate of drug-likeness (QED) is 0.436. The van der Waals surface area contributed by atoms with Gasteiger partial charge in [-0.25, -0.2) is 0 Å². The lowest BCUT2D eigenvalue weighted by molar-refractivity contribution is 0.183. The number of benzene rings is 2. The Kier molecular flexibility index (Phi) is 7.22. The van der Waals surface area contributed by atoms with E-state index in [4.69, 9.17) is 0 Å². The topological polar surface area (TPSA) is 32.0 Å². The van der Waals surface area contributed by atoms with Crippen molar-refractivity contribution in [2.24, 2.45) is 5.92 Å². The summed E-state index contributed by atoms with van der Waals surface area (Å²) in [6.07, 6.45) is 8.96. The van der Waals surface area contributed by atoms with E-state index in [2.05, 4.69) is 77.2 Å². The number of hydrogen-bond acceptors (Lipinski definition) is 2. The lowest BCUT2D eigenvalue weighted by atomic mass is 9.88. The molecule has 3 nitrogen and oxygen atoms in total. The highest BCUT2D eigenvalue weighted by Crippen LogP contribution is 2.26. The van der Waals surface area contributed by atoms with Gasteiger partial charge in [-0.3, -0.25) is 4.90 Å². The van der Waals surface area contributed by atoms with Crippen molar-refractivity contribution >= 4 is 0 Å². The van der Waals surface area contributed by atoms with Gasteiger partial charge in [-0.1, -0.05) is 67.3 Å². The van der Waals surface area contributed by atoms with Crippen LogP contribution >= 0.6 is 0 Å². The lowest BCUT2D eigenvalue weighted by Gasteiger charge is -2.30. The highest BCUT2D eigenvalue weighted by Gasteiger charge is 2.19. The summed E-state index contributed by atoms with van der Waals surface area (Å²) in [6, 6.07) is 23.6. The molecule has 0 amide bonds. The average molecular weight is 412 g/mol. The van der Waals surface area contributed by atoms with Gasteiger partial charge in [-0.05, 0) is 55.0 Å². The van der Waals surface area contributed by atoms with Crippen LogP contribution in [-0.4, -0.2) is 16.0 Å². The monoisotopic (exact) mass is 411 g/mol. The Balaban J connectivity index is 1.53. The zero-order chi connectivity index (χ0) is 21.5. The highest BCUT2D eigenvalue weighted by atomic mass is 15.1. The van der Waals surface area contributed by atoms with Crippen molar-refractivity contribution in [3.8, 4) is 6.07 Å². The van der Waals surface area contributed by atoms with Gasteiger partial charge < -0.3 is 4.57 Å². The molecule has 160 valence electrons. The van der Waals surface area contributed by atoms with E-state index < -0.39 is 0 Å². The fourth-order valence-corrected chi connectivity index (χ4v) is 4.91. The average Bonchev–Trinajstić information content (AvgIpc) is 3.21. The summed E-state index contributed by atoms with van der Waals surface area (Å²) >= 11 is 0. The summed E-state index contributed by atoms with van der Waals surface area (Å²) < 4.78 is 2.37. The van der Waals surface area contributed by atoms with Crippen molar-refractivity contribution in [2.45, 2.75) is 58.7 Å². The maximum atomic E-state index is 9.57. The fourth-order valence-electron chi connectivity index (χ4n) is 4.91. The summed E-state index contributed by atoms with van der Waals surface area (Å²) in [4.78, 5) is 2.56. The van der Waals surface area contributed by atoms with Crippen LogP contribution in [0.2, 0.25) is 0 Å². The molecule has 3 heteroatoms. The predicted octanol–water partition coefficient (Wildman–Crippen LogP) is 6.30. The Hall–Kier alpha value is -2.83. The molecule has 1 aliphatic carbocycles. The lowest BCUT2D eigenvalue weighted by Crippen LogP contribution is -2.31. The zero-order valence-electron chi connectivity index (χ0n) is 18.6. The van der Waals surface area contributed by atoms with Crippen molar-refractivity contribution < 1.29 is 0 Å². The Labute approximate surface area is 186 Å². The largest absolute Gasteiger partial charge is 0.346 e. The van der Waals surface area contributed by atoms with Gasteiger partial charge in [0.2, 0.25) is 0 Å². The van der Waals surface area contributed by atoms with E-state index in [-0.39, 0.29) is 0 Å². The van der Waals surface area contributed by atoms with E-state index in [0.717, 1.165) is 43.2 Å². The summed E-state index contributed by atoms with van der Waals surface area (Å²) in [5.41, 5.74) is 5.92. The SMILES string of the molecule is Cc1cccc(Cn2cccc2CN(Cc2ccccc2C#N)CC2CCCCC2)c1. The van der Waals surface area contributed by atoms with E-state index in [1.54, 1.807) is 0 Å². The van der Waals surface area contributed by atoms with Gasteiger partial charge in [0.05, 0.1) is 11.6 Å². The molecule has 0 unspecified atom stereocenters. The minimum Gasteiger partial charge on any atom is -0.346 e. The predicted molar refractivity (Wildman–Crippen MR) is 127 cm³/mol. The van der Waals surface area contributed by atoms with Gasteiger partial charge in [-0.15, -0.1) is 0 Å². The van der Waals surface area contributed by atoms with E-state index in [1.807, 2.05) is 12.1 Å². The zero-order valence-corrected chi connectivity index (χ0v) is 18.6. The second-order valence-corrected chi connectivity index (χ2v) is 9.06. The third-order valence-corrected chi connectivity index (χ3v) is 6.52. The molecule has 0 spiro atoms. The third-order valence-electron chi connectivity index (χ3n) is 6.52. The van der Waals surface area contributed by atoms with E-state index >= 15 is 0 Å². The summed E-state index contributed by atoms with van der Waals surface area (Å²) in [5, 5.41) is 9.57. The molecular weight excluding hydrogens is 378 g/mol. The fraction of sp³-hybridized carbons (Fsp3) is 0.393. The molecule has 0 aliphatic heterocycles. The number of hydrogen-bond donors (Lipinski definition) is 0. The molecule has 1 aliphatic rings. The van der Waals surface area contributed by atoms with E-state index in [0.29, 0.717) is 0 Å². The molecule has 0 saturated heterocycles. The molecule has 0 radical (unpaired) electrons. The maximum absolute atomic E-state index is 9.57. The molecule has 1 aromatic heterocycles. The van der Waals surface area contributed by atoms with E-state index in [1.165, 1.54) is 48.9 Å². The number of nitriles is 1. The van der Waals surface area contributed by atoms with Crippen LogP contribution in [0.3, 0.4) is 0 Å². The van der Waals surface area contributed by atoms with Crippen molar-refractivity contribution in [3.05, 3.63) is 94.8 Å². The molecule has 2 aromatic carbocycles. The molecule has 31 heavy (non-hydrogen) atoms. The third kappa shape index (κ3) is 5.87. The minimum atomic E-state index is 0.767. The summed E-state index contributed by atoms with van der Waals surface area (Å²) in [6.45, 7) is 5.90. The van der Waals surface area contributed by atoms with Crippen LogP contribution in [0.4, 0.5) is 0 Å². The number of rotatable bonds is 8. The van der Waals surface area contributed by atoms with Gasteiger partial charge in [-0.2, -0.15) is 5.26 Å². The summed E-state index contributed by atoms with van der Waals surface area (Å²) in [7, 11) is 0. The van der Waals surface area contributed by atoms with Crippen LogP contribution in [0.1, 0.15) is 60.1 Å². The Bertz CT molecular complexity index is 1020. The number of aryl methyl sites for hydroxylation is 1. The first-order chi connectivity index (χ1) is 15.2. The van der Waals surface area contributed by atoms with Crippen molar-refractivity contribution in [1.29, 1.82) is 5.26 Å². The summed E-state index contributed by atoms with van der Waals surface area (Å²) in [5.74, 6) is 0.767. The molecule has 0 bridgehead atoms. The highest BCUT2D eigenvalue weighted by molar-refractivity contribution is 5.37. The Morgan fingerprint density at radius 2 is 1.81 bits per heavy atom. The molecule has 4 rings (SSSR count). The van der Waals surface area contributed by atoms with Crippen LogP contribution < -0.4 is 0 Å². The number of aromatic nitrogens is 1. The van der Waals surface area contributed by atoms with Gasteiger partial charge in [0, 0.05) is 38.1 Å². The molecule has 3 aromatic rings. The van der Waals surface area contributed by atoms with E-state index in [9.17, 15) is 5.26 Å². The first-order valence-electron chi connectivity index (χ1n) is 11.6. The van der Waals surface area contributed by atoms with Crippen LogP contribution in [-0.2, 0) is 19.6 Å². The van der Waals surface area contributed by atoms with Crippen molar-refractivity contribution in [2.75, 3.05) is 6.54 Å². The smallest absolute Gasteiger partial charge is 0.0995 e. The minimum absolute atomic E-state index is 0.767.